The van der Waals surface area contributed by atoms with Crippen LogP contribution in [0.5, 0.6) is 0 Å². The summed E-state index contributed by atoms with van der Waals surface area (Å²) in [5.41, 5.74) is 0.229. The van der Waals surface area contributed by atoms with E-state index in [1.54, 1.807) is 12.1 Å². The zero-order valence-electron chi connectivity index (χ0n) is 17.3. The number of carbonyl (C=O) groups excluding carboxylic acids is 1. The van der Waals surface area contributed by atoms with Gasteiger partial charge in [-0.1, -0.05) is 17.3 Å². The second kappa shape index (κ2) is 9.74. The molecular formula is C22H23F3N4O2S. The van der Waals surface area contributed by atoms with Gasteiger partial charge in [0.1, 0.15) is 0 Å². The fourth-order valence-electron chi connectivity index (χ4n) is 3.62. The minimum absolute atomic E-state index is 0.253. The number of nitrogens with one attached hydrogen (secondary N) is 1. The van der Waals surface area contributed by atoms with Crippen molar-refractivity contribution in [2.45, 2.75) is 12.6 Å². The Balaban J connectivity index is 1.18. The normalized spacial score (nSPS) is 15.2. The molecule has 1 saturated heterocycles. The maximum absolute atomic E-state index is 12.9. The molecule has 0 aliphatic carbocycles. The number of carbonyl (C=O) groups is 1. The lowest BCUT2D eigenvalue weighted by molar-refractivity contribution is -0.137. The largest absolute Gasteiger partial charge is 0.416 e. The Labute approximate surface area is 187 Å². The van der Waals surface area contributed by atoms with E-state index < -0.39 is 11.7 Å². The highest BCUT2D eigenvalue weighted by Gasteiger charge is 2.31. The molecule has 0 unspecified atom stereocenters. The third-order valence-electron chi connectivity index (χ3n) is 5.35. The average molecular weight is 465 g/mol. The van der Waals surface area contributed by atoms with Crippen LogP contribution in [-0.4, -0.2) is 55.2 Å². The van der Waals surface area contributed by atoms with Crippen LogP contribution < -0.4 is 10.2 Å². The van der Waals surface area contributed by atoms with Gasteiger partial charge in [-0.25, -0.2) is 0 Å². The molecule has 0 bridgehead atoms. The van der Waals surface area contributed by atoms with E-state index in [-0.39, 0.29) is 11.6 Å². The molecule has 1 aliphatic rings. The highest BCUT2D eigenvalue weighted by Crippen LogP contribution is 2.32. The summed E-state index contributed by atoms with van der Waals surface area (Å²) in [6, 6.07) is 10.9. The van der Waals surface area contributed by atoms with Crippen LogP contribution in [0.25, 0.3) is 10.6 Å². The molecule has 2 aromatic heterocycles. The van der Waals surface area contributed by atoms with Gasteiger partial charge in [-0.05, 0) is 42.6 Å². The summed E-state index contributed by atoms with van der Waals surface area (Å²) in [7, 11) is 0. The predicted octanol–water partition coefficient (Wildman–Crippen LogP) is 4.36. The Morgan fingerprint density at radius 3 is 2.66 bits per heavy atom. The zero-order chi connectivity index (χ0) is 22.6. The summed E-state index contributed by atoms with van der Waals surface area (Å²) in [6.45, 7) is 4.16. The molecular weight excluding hydrogens is 441 g/mol. The summed E-state index contributed by atoms with van der Waals surface area (Å²) >= 11 is 1.51. The molecule has 0 saturated carbocycles. The quantitative estimate of drug-likeness (QED) is 0.527. The fraction of sp³-hybridized carbons (Fsp3) is 0.364. The van der Waals surface area contributed by atoms with Crippen molar-refractivity contribution in [2.75, 3.05) is 44.2 Å². The first kappa shape index (κ1) is 22.3. The highest BCUT2D eigenvalue weighted by atomic mass is 32.1. The van der Waals surface area contributed by atoms with Crippen LogP contribution in [0.2, 0.25) is 0 Å². The minimum Gasteiger partial charge on any atom is -0.369 e. The van der Waals surface area contributed by atoms with Gasteiger partial charge in [0.2, 0.25) is 0 Å². The number of hydrogen-bond acceptors (Lipinski definition) is 6. The highest BCUT2D eigenvalue weighted by molar-refractivity contribution is 7.13. The van der Waals surface area contributed by atoms with Crippen LogP contribution in [0.15, 0.2) is 52.4 Å². The second-order valence-electron chi connectivity index (χ2n) is 7.54. The summed E-state index contributed by atoms with van der Waals surface area (Å²) in [5.74, 6) is 0.301. The summed E-state index contributed by atoms with van der Waals surface area (Å²) in [5, 5.41) is 8.61. The fourth-order valence-corrected chi connectivity index (χ4v) is 4.29. The van der Waals surface area contributed by atoms with E-state index in [0.717, 1.165) is 37.0 Å². The molecule has 1 N–H and O–H groups in total. The monoisotopic (exact) mass is 464 g/mol. The average Bonchev–Trinajstić information content (AvgIpc) is 3.48. The molecule has 1 amide bonds. The van der Waals surface area contributed by atoms with Gasteiger partial charge in [0.25, 0.3) is 5.91 Å². The third-order valence-corrected chi connectivity index (χ3v) is 6.24. The molecule has 1 fully saturated rings. The van der Waals surface area contributed by atoms with Gasteiger partial charge in [-0.15, -0.1) is 11.3 Å². The number of benzene rings is 1. The van der Waals surface area contributed by atoms with Crippen molar-refractivity contribution in [3.63, 3.8) is 0 Å². The number of aromatic nitrogens is 1. The van der Waals surface area contributed by atoms with Gasteiger partial charge in [0.05, 0.1) is 10.4 Å². The predicted molar refractivity (Wildman–Crippen MR) is 117 cm³/mol. The molecule has 32 heavy (non-hydrogen) atoms. The summed E-state index contributed by atoms with van der Waals surface area (Å²) < 4.78 is 44.0. The van der Waals surface area contributed by atoms with Crippen LogP contribution >= 0.6 is 11.3 Å². The Bertz CT molecular complexity index is 1030. The zero-order valence-corrected chi connectivity index (χ0v) is 18.1. The molecule has 1 aromatic carbocycles. The number of nitrogens with zero attached hydrogens (tertiary/aromatic N) is 3. The Morgan fingerprint density at radius 2 is 1.94 bits per heavy atom. The second-order valence-corrected chi connectivity index (χ2v) is 8.49. The Hall–Kier alpha value is -2.85. The lowest BCUT2D eigenvalue weighted by Crippen LogP contribution is -2.47. The molecule has 10 heteroatoms. The number of hydrogen-bond donors (Lipinski definition) is 1. The first-order valence-corrected chi connectivity index (χ1v) is 11.2. The minimum atomic E-state index is -4.33. The van der Waals surface area contributed by atoms with Crippen LogP contribution in [0, 0.1) is 0 Å². The first-order chi connectivity index (χ1) is 15.4. The summed E-state index contributed by atoms with van der Waals surface area (Å²) in [4.78, 5) is 17.4. The molecule has 0 atom stereocenters. The molecule has 0 radical (unpaired) electrons. The van der Waals surface area contributed by atoms with Gasteiger partial charge in [-0.3, -0.25) is 9.69 Å². The van der Waals surface area contributed by atoms with E-state index in [4.69, 9.17) is 4.52 Å². The van der Waals surface area contributed by atoms with Crippen LogP contribution in [0.4, 0.5) is 18.9 Å². The number of thiophene rings is 1. The van der Waals surface area contributed by atoms with Gasteiger partial charge < -0.3 is 14.7 Å². The van der Waals surface area contributed by atoms with E-state index in [0.29, 0.717) is 31.1 Å². The van der Waals surface area contributed by atoms with Crippen molar-refractivity contribution in [1.29, 1.82) is 0 Å². The van der Waals surface area contributed by atoms with Gasteiger partial charge >= 0.3 is 6.18 Å². The van der Waals surface area contributed by atoms with E-state index in [9.17, 15) is 18.0 Å². The first-order valence-electron chi connectivity index (χ1n) is 10.3. The SMILES string of the molecule is O=C(NCCCN1CCN(c2cccc(C(F)(F)F)c2)CC1)c1cc(-c2cccs2)on1. The molecule has 6 nitrogen and oxygen atoms in total. The standard InChI is InChI=1S/C22H23F3N4O2S/c23-22(24,25)16-4-1-5-17(14-16)29-11-9-28(10-12-29)8-3-7-26-21(30)18-15-19(31-27-18)20-6-2-13-32-20/h1-2,4-6,13-15H,3,7-12H2,(H,26,30). The van der Waals surface area contributed by atoms with Gasteiger partial charge in [0.15, 0.2) is 11.5 Å². The molecule has 4 rings (SSSR count). The molecule has 170 valence electrons. The van der Waals surface area contributed by atoms with Crippen molar-refractivity contribution >= 4 is 22.9 Å². The van der Waals surface area contributed by atoms with Crippen LogP contribution in [0.1, 0.15) is 22.5 Å². The lowest BCUT2D eigenvalue weighted by Gasteiger charge is -2.36. The molecule has 3 heterocycles. The maximum atomic E-state index is 12.9. The molecule has 3 aromatic rings. The summed E-state index contributed by atoms with van der Waals surface area (Å²) in [6.07, 6.45) is -3.56. The lowest BCUT2D eigenvalue weighted by atomic mass is 10.1. The number of alkyl halides is 3. The van der Waals surface area contributed by atoms with Crippen molar-refractivity contribution in [1.82, 2.24) is 15.4 Å². The number of halogens is 3. The van der Waals surface area contributed by atoms with E-state index in [1.807, 2.05) is 22.4 Å². The van der Waals surface area contributed by atoms with Crippen molar-refractivity contribution in [3.8, 4) is 10.6 Å². The number of piperazine rings is 1. The Morgan fingerprint density at radius 1 is 1.12 bits per heavy atom. The van der Waals surface area contributed by atoms with Crippen molar-refractivity contribution in [2.24, 2.45) is 0 Å². The molecule has 1 aliphatic heterocycles. The number of amides is 1. The smallest absolute Gasteiger partial charge is 0.369 e. The number of rotatable bonds is 7. The van der Waals surface area contributed by atoms with Gasteiger partial charge in [-0.2, -0.15) is 13.2 Å². The van der Waals surface area contributed by atoms with E-state index in [1.165, 1.54) is 23.5 Å². The van der Waals surface area contributed by atoms with E-state index in [2.05, 4.69) is 15.4 Å². The van der Waals surface area contributed by atoms with E-state index >= 15 is 0 Å². The molecule has 0 spiro atoms. The van der Waals surface area contributed by atoms with Gasteiger partial charge in [0, 0.05) is 44.5 Å². The van der Waals surface area contributed by atoms with Crippen molar-refractivity contribution < 1.29 is 22.5 Å². The van der Waals surface area contributed by atoms with Crippen molar-refractivity contribution in [3.05, 3.63) is 59.1 Å². The maximum Gasteiger partial charge on any atom is 0.416 e. The number of anilines is 1. The topological polar surface area (TPSA) is 61.6 Å². The van der Waals surface area contributed by atoms with Crippen LogP contribution in [0.3, 0.4) is 0 Å². The third kappa shape index (κ3) is 5.49. The Kier molecular flexibility index (Phi) is 6.80. The van der Waals surface area contributed by atoms with Crippen LogP contribution in [-0.2, 0) is 6.18 Å².